The van der Waals surface area contributed by atoms with Gasteiger partial charge in [0.05, 0.1) is 44.6 Å². The lowest BCUT2D eigenvalue weighted by atomic mass is 10.1. The molecule has 0 bridgehead atoms. The zero-order valence-corrected chi connectivity index (χ0v) is 19.5. The molecule has 1 saturated heterocycles. The number of hydrogen-bond donors (Lipinski definition) is 3. The summed E-state index contributed by atoms with van der Waals surface area (Å²) in [7, 11) is 0. The van der Waals surface area contributed by atoms with E-state index in [0.29, 0.717) is 63.5 Å². The maximum absolute atomic E-state index is 12.9. The Morgan fingerprint density at radius 1 is 0.971 bits per heavy atom. The van der Waals surface area contributed by atoms with Crippen LogP contribution in [0, 0.1) is 0 Å². The van der Waals surface area contributed by atoms with Crippen molar-refractivity contribution in [2.24, 2.45) is 0 Å². The highest BCUT2D eigenvalue weighted by molar-refractivity contribution is 5.58. The van der Waals surface area contributed by atoms with E-state index in [9.17, 15) is 13.2 Å². The van der Waals surface area contributed by atoms with E-state index in [2.05, 4.69) is 31.3 Å². The van der Waals surface area contributed by atoms with Gasteiger partial charge in [-0.05, 0) is 25.0 Å². The third kappa shape index (κ3) is 9.18. The Balaban J connectivity index is 0.00000408. The molecule has 1 aliphatic heterocycles. The molecule has 1 atom stereocenters. The number of quaternary nitrogens is 1. The minimum Gasteiger partial charge on any atom is -1.00 e. The maximum atomic E-state index is 12.9. The van der Waals surface area contributed by atoms with Crippen molar-refractivity contribution in [1.29, 1.82) is 0 Å². The van der Waals surface area contributed by atoms with Crippen molar-refractivity contribution in [3.05, 3.63) is 29.8 Å². The molecule has 1 aliphatic rings. The van der Waals surface area contributed by atoms with Gasteiger partial charge in [0.15, 0.2) is 5.82 Å². The van der Waals surface area contributed by atoms with E-state index in [1.54, 1.807) is 0 Å². The molecule has 0 aliphatic carbocycles. The second kappa shape index (κ2) is 14.2. The Hall–Kier alpha value is -2.25. The first kappa shape index (κ1) is 28.0. The maximum Gasteiger partial charge on any atom is 0.416 e. The average molecular weight is 507 g/mol. The van der Waals surface area contributed by atoms with Gasteiger partial charge in [-0.1, -0.05) is 12.1 Å². The van der Waals surface area contributed by atoms with Crippen molar-refractivity contribution in [2.75, 3.05) is 63.3 Å². The van der Waals surface area contributed by atoms with Crippen LogP contribution in [0.5, 0.6) is 0 Å². The monoisotopic (exact) mass is 506 g/mol. The molecule has 34 heavy (non-hydrogen) atoms. The summed E-state index contributed by atoms with van der Waals surface area (Å²) in [6.45, 7) is 4.39. The molecule has 0 amide bonds. The Morgan fingerprint density at radius 3 is 2.26 bits per heavy atom. The minimum atomic E-state index is -4.41. The molecule has 13 heteroatoms. The molecule has 0 saturated carbocycles. The van der Waals surface area contributed by atoms with Crippen LogP contribution >= 0.6 is 0 Å². The second-order valence-electron chi connectivity index (χ2n) is 7.40. The van der Waals surface area contributed by atoms with Gasteiger partial charge in [0, 0.05) is 25.3 Å². The summed E-state index contributed by atoms with van der Waals surface area (Å²) in [5.74, 6) is 0.880. The Bertz CT molecular complexity index is 855. The summed E-state index contributed by atoms with van der Waals surface area (Å²) in [5, 5.41) is 6.21. The molecule has 1 aromatic carbocycles. The number of rotatable bonds is 13. The molecule has 0 spiro atoms. The van der Waals surface area contributed by atoms with Crippen molar-refractivity contribution in [2.45, 2.75) is 25.1 Å². The van der Waals surface area contributed by atoms with E-state index in [1.807, 2.05) is 0 Å². The van der Waals surface area contributed by atoms with Crippen LogP contribution in [0.4, 0.5) is 25.1 Å². The SMILES string of the molecule is [Cl-].[NH3+]CCOCCOCCNc1nc(NCC2CCCO2)nc(-c2ccc(C(F)(F)F)cc2)n1. The molecule has 9 nitrogen and oxygen atoms in total. The third-order valence-corrected chi connectivity index (χ3v) is 4.81. The summed E-state index contributed by atoms with van der Waals surface area (Å²) in [5.41, 5.74) is 3.42. The lowest BCUT2D eigenvalue weighted by Gasteiger charge is -2.13. The van der Waals surface area contributed by atoms with Crippen LogP contribution in [0.25, 0.3) is 11.4 Å². The van der Waals surface area contributed by atoms with E-state index in [4.69, 9.17) is 14.2 Å². The molecule has 190 valence electrons. The fraction of sp³-hybridized carbons (Fsp3) is 0.571. The van der Waals surface area contributed by atoms with E-state index in [0.717, 1.165) is 31.6 Å². The fourth-order valence-electron chi connectivity index (χ4n) is 3.14. The predicted octanol–water partition coefficient (Wildman–Crippen LogP) is -1.16. The first-order chi connectivity index (χ1) is 16.0. The molecule has 0 radical (unpaired) electrons. The van der Waals surface area contributed by atoms with E-state index >= 15 is 0 Å². The number of nitrogens with zero attached hydrogens (tertiary/aromatic N) is 3. The number of alkyl halides is 3. The standard InChI is InChI=1S/C21H29F3N6O3.ClH/c22-21(23,24)16-5-3-15(4-6-16)18-28-19(26-8-11-32-13-12-31-10-7-25)30-20(29-18)27-14-17-2-1-9-33-17;/h3-6,17H,1-2,7-14,25H2,(H2,26,27,28,29,30);1H. The Kier molecular flexibility index (Phi) is 11.7. The largest absolute Gasteiger partial charge is 1.00 e. The van der Waals surface area contributed by atoms with Crippen LogP contribution in [0.3, 0.4) is 0 Å². The number of nitrogens with one attached hydrogen (secondary N) is 2. The number of benzene rings is 1. The molecule has 1 aromatic heterocycles. The van der Waals surface area contributed by atoms with Gasteiger partial charge in [0.1, 0.15) is 0 Å². The number of hydrogen-bond acceptors (Lipinski definition) is 8. The topological polar surface area (TPSA) is 118 Å². The molecular formula is C21H30ClF3N6O3. The summed E-state index contributed by atoms with van der Waals surface area (Å²) in [6, 6.07) is 4.72. The van der Waals surface area contributed by atoms with E-state index in [-0.39, 0.29) is 24.3 Å². The summed E-state index contributed by atoms with van der Waals surface area (Å²) >= 11 is 0. The molecule has 2 aromatic rings. The van der Waals surface area contributed by atoms with Gasteiger partial charge >= 0.3 is 6.18 Å². The second-order valence-corrected chi connectivity index (χ2v) is 7.40. The average Bonchev–Trinajstić information content (AvgIpc) is 3.33. The zero-order valence-electron chi connectivity index (χ0n) is 18.7. The quantitative estimate of drug-likeness (QED) is 0.291. The van der Waals surface area contributed by atoms with Gasteiger partial charge in [-0.25, -0.2) is 0 Å². The van der Waals surface area contributed by atoms with Crippen LogP contribution < -0.4 is 28.8 Å². The van der Waals surface area contributed by atoms with Crippen LogP contribution in [-0.2, 0) is 20.4 Å². The van der Waals surface area contributed by atoms with Gasteiger partial charge in [-0.15, -0.1) is 0 Å². The van der Waals surface area contributed by atoms with Crippen molar-refractivity contribution >= 4 is 11.9 Å². The Morgan fingerprint density at radius 2 is 1.65 bits per heavy atom. The first-order valence-corrected chi connectivity index (χ1v) is 10.9. The van der Waals surface area contributed by atoms with Crippen molar-refractivity contribution < 1.29 is 45.5 Å². The van der Waals surface area contributed by atoms with Crippen molar-refractivity contribution in [3.63, 3.8) is 0 Å². The van der Waals surface area contributed by atoms with Crippen molar-refractivity contribution in [1.82, 2.24) is 15.0 Å². The predicted molar refractivity (Wildman–Crippen MR) is 116 cm³/mol. The first-order valence-electron chi connectivity index (χ1n) is 10.9. The number of aromatic nitrogens is 3. The van der Waals surface area contributed by atoms with Crippen LogP contribution in [0.2, 0.25) is 0 Å². The van der Waals surface area contributed by atoms with Gasteiger partial charge in [0.2, 0.25) is 11.9 Å². The number of ether oxygens (including phenoxy) is 3. The smallest absolute Gasteiger partial charge is 0.416 e. The zero-order chi connectivity index (χ0) is 23.5. The molecule has 1 unspecified atom stereocenters. The van der Waals surface area contributed by atoms with Gasteiger partial charge in [0.25, 0.3) is 0 Å². The highest BCUT2D eigenvalue weighted by atomic mass is 35.5. The lowest BCUT2D eigenvalue weighted by molar-refractivity contribution is -0.374. The molecular weight excluding hydrogens is 477 g/mol. The number of anilines is 2. The summed E-state index contributed by atoms with van der Waals surface area (Å²) < 4.78 is 55.1. The summed E-state index contributed by atoms with van der Waals surface area (Å²) in [4.78, 5) is 13.1. The van der Waals surface area contributed by atoms with E-state index in [1.165, 1.54) is 12.1 Å². The van der Waals surface area contributed by atoms with Gasteiger partial charge in [-0.3, -0.25) is 0 Å². The third-order valence-electron chi connectivity index (χ3n) is 4.81. The number of halogens is 4. The highest BCUT2D eigenvalue weighted by Crippen LogP contribution is 2.30. The van der Waals surface area contributed by atoms with E-state index < -0.39 is 11.7 Å². The molecule has 1 fully saturated rings. The molecule has 2 heterocycles. The molecule has 3 rings (SSSR count). The fourth-order valence-corrected chi connectivity index (χ4v) is 3.14. The van der Waals surface area contributed by atoms with Crippen LogP contribution in [0.1, 0.15) is 18.4 Å². The van der Waals surface area contributed by atoms with Crippen LogP contribution in [0.15, 0.2) is 24.3 Å². The normalized spacial score (nSPS) is 15.7. The van der Waals surface area contributed by atoms with Gasteiger partial charge < -0.3 is 43.0 Å². The minimum absolute atomic E-state index is 0. The summed E-state index contributed by atoms with van der Waals surface area (Å²) in [6.07, 6.45) is -2.37. The van der Waals surface area contributed by atoms with Crippen molar-refractivity contribution in [3.8, 4) is 11.4 Å². The van der Waals surface area contributed by atoms with Gasteiger partial charge in [-0.2, -0.15) is 28.1 Å². The Labute approximate surface area is 202 Å². The molecule has 5 N–H and O–H groups in total. The van der Waals surface area contributed by atoms with Crippen LogP contribution in [-0.4, -0.2) is 73.7 Å². The highest BCUT2D eigenvalue weighted by Gasteiger charge is 2.30. The lowest BCUT2D eigenvalue weighted by Crippen LogP contribution is -3.00.